The Hall–Kier alpha value is -0.290. The molecule has 1 aliphatic heterocycles. The minimum Gasteiger partial charge on any atom is -0.317 e. The van der Waals surface area contributed by atoms with Crippen LogP contribution in [-0.2, 0) is 4.74 Å². The first kappa shape index (κ1) is 6.82. The quantitative estimate of drug-likeness (QED) is 0.502. The Labute approximate surface area is 49.8 Å². The van der Waals surface area contributed by atoms with Gasteiger partial charge in [0.2, 0.25) is 0 Å². The Bertz CT molecular complexity index is 111. The van der Waals surface area contributed by atoms with Gasteiger partial charge in [-0.1, -0.05) is 0 Å². The fourth-order valence-corrected chi connectivity index (χ4v) is 0.593. The second-order valence-corrected chi connectivity index (χ2v) is 1.98. The van der Waals surface area contributed by atoms with Gasteiger partial charge in [0.05, 0.1) is 6.61 Å². The minimum absolute atomic E-state index is 0.319. The Morgan fingerprint density at radius 3 is 2.00 bits per heavy atom. The highest BCUT2D eigenvalue weighted by molar-refractivity contribution is 4.86. The third-order valence-corrected chi connectivity index (χ3v) is 1.23. The Balaban J connectivity index is 2.75. The van der Waals surface area contributed by atoms with Gasteiger partial charge in [-0.15, -0.1) is 0 Å². The lowest BCUT2D eigenvalue weighted by Crippen LogP contribution is -2.48. The van der Waals surface area contributed by atoms with E-state index < -0.39 is 18.3 Å². The van der Waals surface area contributed by atoms with Crippen molar-refractivity contribution >= 4 is 0 Å². The molecule has 1 atom stereocenters. The zero-order valence-electron chi connectivity index (χ0n) is 4.53. The minimum atomic E-state index is -3.80. The molecule has 1 fully saturated rings. The van der Waals surface area contributed by atoms with Crippen LogP contribution in [0.15, 0.2) is 0 Å². The molecule has 54 valence electrons. The summed E-state index contributed by atoms with van der Waals surface area (Å²) in [6.45, 7) is -0.319. The molecule has 5 heteroatoms. The summed E-state index contributed by atoms with van der Waals surface area (Å²) in [5, 5.41) is 0. The van der Waals surface area contributed by atoms with E-state index in [0.29, 0.717) is 0 Å². The lowest BCUT2D eigenvalue weighted by Gasteiger charge is -2.18. The monoisotopic (exact) mass is 141 g/mol. The summed E-state index contributed by atoms with van der Waals surface area (Å²) in [4.78, 5) is 0. The molecule has 1 heterocycles. The van der Waals surface area contributed by atoms with Crippen molar-refractivity contribution in [1.29, 1.82) is 0 Å². The van der Waals surface area contributed by atoms with Gasteiger partial charge in [-0.05, 0) is 0 Å². The van der Waals surface area contributed by atoms with E-state index in [0.717, 1.165) is 0 Å². The molecule has 1 saturated heterocycles. The summed E-state index contributed by atoms with van der Waals surface area (Å²) in [6, 6.07) is 0. The van der Waals surface area contributed by atoms with Crippen molar-refractivity contribution < 1.29 is 17.9 Å². The predicted molar refractivity (Wildman–Crippen MR) is 23.5 cm³/mol. The van der Waals surface area contributed by atoms with Gasteiger partial charge < -0.3 is 4.74 Å². The van der Waals surface area contributed by atoms with E-state index in [1.165, 1.54) is 0 Å². The van der Waals surface area contributed by atoms with E-state index in [2.05, 4.69) is 10.5 Å². The van der Waals surface area contributed by atoms with E-state index in [1.807, 2.05) is 0 Å². The van der Waals surface area contributed by atoms with E-state index in [1.54, 1.807) is 0 Å². The lowest BCUT2D eigenvalue weighted by molar-refractivity contribution is -0.264. The third kappa shape index (κ3) is 0.900. The van der Waals surface area contributed by atoms with Crippen LogP contribution < -0.4 is 5.73 Å². The number of hydrogen-bond donors (Lipinski definition) is 1. The normalized spacial score (nSPS) is 41.3. The standard InChI is InChI=1S/C4H6F3NO/c5-3(8)1-2-9-4(3,6)7/h1-2,8H2. The molecule has 0 radical (unpaired) electrons. The lowest BCUT2D eigenvalue weighted by atomic mass is 10.2. The van der Waals surface area contributed by atoms with Crippen LogP contribution in [0, 0.1) is 0 Å². The summed E-state index contributed by atoms with van der Waals surface area (Å²) in [6.07, 6.45) is -4.24. The van der Waals surface area contributed by atoms with Gasteiger partial charge in [0.1, 0.15) is 0 Å². The highest BCUT2D eigenvalue weighted by Crippen LogP contribution is 2.37. The molecule has 0 aromatic carbocycles. The average molecular weight is 141 g/mol. The molecule has 0 spiro atoms. The van der Waals surface area contributed by atoms with Crippen molar-refractivity contribution in [3.63, 3.8) is 0 Å². The van der Waals surface area contributed by atoms with Crippen molar-refractivity contribution in [2.24, 2.45) is 5.73 Å². The van der Waals surface area contributed by atoms with Crippen LogP contribution in [0.1, 0.15) is 6.42 Å². The van der Waals surface area contributed by atoms with E-state index in [-0.39, 0.29) is 6.61 Å². The predicted octanol–water partition coefficient (Wildman–Crippen LogP) is 0.624. The van der Waals surface area contributed by atoms with Gasteiger partial charge in [0.25, 0.3) is 5.79 Å². The molecule has 0 aromatic heterocycles. The number of rotatable bonds is 0. The highest BCUT2D eigenvalue weighted by atomic mass is 19.3. The molecule has 1 aliphatic rings. The molecule has 1 rings (SSSR count). The summed E-state index contributed by atoms with van der Waals surface area (Å²) >= 11 is 0. The van der Waals surface area contributed by atoms with Gasteiger partial charge in [-0.25, -0.2) is 4.39 Å². The fourth-order valence-electron chi connectivity index (χ4n) is 0.593. The second kappa shape index (κ2) is 1.60. The summed E-state index contributed by atoms with van der Waals surface area (Å²) in [5.41, 5.74) is 4.51. The van der Waals surface area contributed by atoms with Crippen LogP contribution in [0.3, 0.4) is 0 Å². The summed E-state index contributed by atoms with van der Waals surface area (Å²) in [7, 11) is 0. The van der Waals surface area contributed by atoms with E-state index in [9.17, 15) is 13.2 Å². The number of nitrogens with two attached hydrogens (primary N) is 1. The number of alkyl halides is 3. The molecule has 2 N–H and O–H groups in total. The van der Waals surface area contributed by atoms with Crippen LogP contribution in [0.2, 0.25) is 0 Å². The number of ether oxygens (including phenoxy) is 1. The maximum Gasteiger partial charge on any atom is 0.403 e. The first-order valence-corrected chi connectivity index (χ1v) is 2.45. The van der Waals surface area contributed by atoms with Crippen LogP contribution in [-0.4, -0.2) is 18.5 Å². The van der Waals surface area contributed by atoms with Gasteiger partial charge in [-0.3, -0.25) is 5.73 Å². The molecule has 0 aromatic rings. The zero-order valence-corrected chi connectivity index (χ0v) is 4.53. The van der Waals surface area contributed by atoms with Crippen molar-refractivity contribution in [3.8, 4) is 0 Å². The van der Waals surface area contributed by atoms with Gasteiger partial charge in [0, 0.05) is 6.42 Å². The zero-order chi connectivity index (χ0) is 7.12. The number of halogens is 3. The SMILES string of the molecule is NC1(F)CCOC1(F)F. The van der Waals surface area contributed by atoms with Crippen LogP contribution in [0.25, 0.3) is 0 Å². The molecule has 1 unspecified atom stereocenters. The second-order valence-electron chi connectivity index (χ2n) is 1.98. The molecular formula is C4H6F3NO. The molecule has 0 saturated carbocycles. The third-order valence-electron chi connectivity index (χ3n) is 1.23. The van der Waals surface area contributed by atoms with E-state index in [4.69, 9.17) is 0 Å². The van der Waals surface area contributed by atoms with E-state index >= 15 is 0 Å². The molecule has 0 bridgehead atoms. The highest BCUT2D eigenvalue weighted by Gasteiger charge is 2.58. The first-order chi connectivity index (χ1) is 3.96. The Morgan fingerprint density at radius 1 is 1.33 bits per heavy atom. The largest absolute Gasteiger partial charge is 0.403 e. The molecule has 0 amide bonds. The topological polar surface area (TPSA) is 35.2 Å². The van der Waals surface area contributed by atoms with Gasteiger partial charge in [0.15, 0.2) is 0 Å². The Kier molecular flexibility index (Phi) is 1.22. The summed E-state index contributed by atoms with van der Waals surface area (Å²) in [5.74, 6) is -2.97. The van der Waals surface area contributed by atoms with Crippen LogP contribution >= 0.6 is 0 Å². The molecule has 9 heavy (non-hydrogen) atoms. The molecule has 2 nitrogen and oxygen atoms in total. The Morgan fingerprint density at radius 2 is 1.89 bits per heavy atom. The number of hydrogen-bond acceptors (Lipinski definition) is 2. The fraction of sp³-hybridized carbons (Fsp3) is 1.00. The van der Waals surface area contributed by atoms with Crippen molar-refractivity contribution in [2.75, 3.05) is 6.61 Å². The van der Waals surface area contributed by atoms with Gasteiger partial charge in [-0.2, -0.15) is 8.78 Å². The van der Waals surface area contributed by atoms with Crippen LogP contribution in [0.5, 0.6) is 0 Å². The summed E-state index contributed by atoms with van der Waals surface area (Å²) < 4.78 is 40.0. The van der Waals surface area contributed by atoms with Crippen molar-refractivity contribution in [2.45, 2.75) is 18.3 Å². The maximum absolute atomic E-state index is 12.3. The van der Waals surface area contributed by atoms with Crippen LogP contribution in [0.4, 0.5) is 13.2 Å². The van der Waals surface area contributed by atoms with Gasteiger partial charge >= 0.3 is 6.11 Å². The maximum atomic E-state index is 12.3. The molecule has 0 aliphatic carbocycles. The van der Waals surface area contributed by atoms with Crippen molar-refractivity contribution in [1.82, 2.24) is 0 Å². The van der Waals surface area contributed by atoms with Crippen molar-refractivity contribution in [3.05, 3.63) is 0 Å². The smallest absolute Gasteiger partial charge is 0.317 e. The first-order valence-electron chi connectivity index (χ1n) is 2.45. The molecular weight excluding hydrogens is 135 g/mol. The average Bonchev–Trinajstić information content (AvgIpc) is 1.81.